The molecule has 6 heteroatoms. The van der Waals surface area contributed by atoms with Gasteiger partial charge in [0, 0.05) is 26.8 Å². The van der Waals surface area contributed by atoms with E-state index in [0.717, 1.165) is 26.4 Å². The van der Waals surface area contributed by atoms with Crippen LogP contribution in [-0.2, 0) is 6.54 Å². The molecule has 0 spiro atoms. The van der Waals surface area contributed by atoms with Gasteiger partial charge >= 0.3 is 0 Å². The molecule has 1 nitrogen and oxygen atoms in total. The van der Waals surface area contributed by atoms with Crippen LogP contribution in [0.2, 0.25) is 5.02 Å². The van der Waals surface area contributed by atoms with Crippen molar-refractivity contribution in [3.05, 3.63) is 49.1 Å². The van der Waals surface area contributed by atoms with Gasteiger partial charge in [0.1, 0.15) is 5.82 Å². The molecule has 0 radical (unpaired) electrons. The molecule has 0 fully saturated rings. The van der Waals surface area contributed by atoms with Gasteiger partial charge in [-0.2, -0.15) is 0 Å². The Bertz CT molecular complexity index is 543. The third kappa shape index (κ3) is 3.02. The Balaban J connectivity index is 2.15. The zero-order valence-corrected chi connectivity index (χ0v) is 12.5. The van der Waals surface area contributed by atoms with Gasteiger partial charge in [0.2, 0.25) is 0 Å². The molecule has 1 aromatic heterocycles. The van der Waals surface area contributed by atoms with E-state index in [1.54, 1.807) is 11.3 Å². The molecule has 0 atom stereocenters. The van der Waals surface area contributed by atoms with Crippen LogP contribution in [0.3, 0.4) is 0 Å². The first-order valence-corrected chi connectivity index (χ1v) is 7.09. The lowest BCUT2D eigenvalue weighted by Gasteiger charge is -2.08. The minimum Gasteiger partial charge on any atom is -0.377 e. The van der Waals surface area contributed by atoms with E-state index in [0.29, 0.717) is 6.54 Å². The van der Waals surface area contributed by atoms with Crippen molar-refractivity contribution >= 4 is 44.6 Å². The smallest absolute Gasteiger partial charge is 0.150 e. The molecule has 0 aliphatic rings. The van der Waals surface area contributed by atoms with Crippen molar-refractivity contribution < 1.29 is 8.78 Å². The van der Waals surface area contributed by atoms with Crippen LogP contribution in [-0.4, -0.2) is 0 Å². The second kappa shape index (κ2) is 5.55. The normalized spacial score (nSPS) is 10.7. The quantitative estimate of drug-likeness (QED) is 0.784. The van der Waals surface area contributed by atoms with Gasteiger partial charge in [-0.3, -0.25) is 0 Å². The van der Waals surface area contributed by atoms with Gasteiger partial charge < -0.3 is 5.32 Å². The molecule has 96 valence electrons. The molecule has 0 bridgehead atoms. The number of anilines is 1. The molecule has 0 aliphatic heterocycles. The molecular weight excluding hydrogens is 344 g/mol. The molecule has 1 heterocycles. The number of hydrogen-bond acceptors (Lipinski definition) is 2. The zero-order chi connectivity index (χ0) is 13.3. The maximum Gasteiger partial charge on any atom is 0.150 e. The van der Waals surface area contributed by atoms with Crippen LogP contribution in [0.15, 0.2) is 22.7 Å². The van der Waals surface area contributed by atoms with E-state index in [-0.39, 0.29) is 10.7 Å². The summed E-state index contributed by atoms with van der Waals surface area (Å²) in [6.07, 6.45) is 0. The van der Waals surface area contributed by atoms with E-state index in [1.807, 2.05) is 13.0 Å². The predicted octanol–water partition coefficient (Wildman–Crippen LogP) is 5.36. The molecule has 0 aliphatic carbocycles. The van der Waals surface area contributed by atoms with Gasteiger partial charge in [-0.25, -0.2) is 8.78 Å². The van der Waals surface area contributed by atoms with E-state index in [9.17, 15) is 8.78 Å². The molecule has 1 N–H and O–H groups in total. The number of thiophene rings is 1. The van der Waals surface area contributed by atoms with E-state index < -0.39 is 11.6 Å². The van der Waals surface area contributed by atoms with Gasteiger partial charge in [0.15, 0.2) is 5.82 Å². The van der Waals surface area contributed by atoms with E-state index in [1.165, 1.54) is 0 Å². The molecule has 0 saturated carbocycles. The van der Waals surface area contributed by atoms with Crippen molar-refractivity contribution in [3.8, 4) is 0 Å². The zero-order valence-electron chi connectivity index (χ0n) is 9.36. The molecule has 0 amide bonds. The Labute approximate surface area is 121 Å². The van der Waals surface area contributed by atoms with Crippen molar-refractivity contribution in [1.29, 1.82) is 0 Å². The van der Waals surface area contributed by atoms with Crippen molar-refractivity contribution in [3.63, 3.8) is 0 Å². The van der Waals surface area contributed by atoms with Gasteiger partial charge in [-0.1, -0.05) is 11.6 Å². The fraction of sp³-hybridized carbons (Fsp3) is 0.167. The number of rotatable bonds is 3. The number of benzene rings is 1. The molecule has 2 rings (SSSR count). The Hall–Kier alpha value is -0.650. The fourth-order valence-corrected chi connectivity index (χ4v) is 3.29. The summed E-state index contributed by atoms with van der Waals surface area (Å²) in [5.74, 6) is -1.37. The van der Waals surface area contributed by atoms with Crippen molar-refractivity contribution in [2.75, 3.05) is 5.32 Å². The van der Waals surface area contributed by atoms with Crippen molar-refractivity contribution in [2.24, 2.45) is 0 Å². The van der Waals surface area contributed by atoms with Gasteiger partial charge in [0.25, 0.3) is 0 Å². The number of hydrogen-bond donors (Lipinski definition) is 1. The van der Waals surface area contributed by atoms with Crippen LogP contribution in [0.5, 0.6) is 0 Å². The van der Waals surface area contributed by atoms with Crippen LogP contribution in [0, 0.1) is 18.6 Å². The molecule has 1 aromatic carbocycles. The minimum absolute atomic E-state index is 0.0415. The third-order valence-corrected chi connectivity index (χ3v) is 4.79. The van der Waals surface area contributed by atoms with Gasteiger partial charge in [-0.05, 0) is 35.0 Å². The lowest BCUT2D eigenvalue weighted by atomic mass is 10.3. The van der Waals surface area contributed by atoms with E-state index in [2.05, 4.69) is 21.2 Å². The largest absolute Gasteiger partial charge is 0.377 e. The summed E-state index contributed by atoms with van der Waals surface area (Å²) in [6.45, 7) is 2.43. The summed E-state index contributed by atoms with van der Waals surface area (Å²) < 4.78 is 27.4. The van der Waals surface area contributed by atoms with Crippen molar-refractivity contribution in [1.82, 2.24) is 0 Å². The summed E-state index contributed by atoms with van der Waals surface area (Å²) >= 11 is 10.8. The highest BCUT2D eigenvalue weighted by molar-refractivity contribution is 9.10. The highest BCUT2D eigenvalue weighted by Gasteiger charge is 2.10. The number of aryl methyl sites for hydroxylation is 1. The first-order chi connectivity index (χ1) is 8.47. The van der Waals surface area contributed by atoms with Gasteiger partial charge in [-0.15, -0.1) is 11.3 Å². The van der Waals surface area contributed by atoms with E-state index >= 15 is 0 Å². The highest BCUT2D eigenvalue weighted by Crippen LogP contribution is 2.30. The minimum atomic E-state index is -0.688. The Kier molecular flexibility index (Phi) is 4.25. The van der Waals surface area contributed by atoms with Crippen LogP contribution in [0.25, 0.3) is 0 Å². The van der Waals surface area contributed by atoms with Crippen LogP contribution >= 0.6 is 38.9 Å². The summed E-state index contributed by atoms with van der Waals surface area (Å²) in [4.78, 5) is 2.19. The molecular formula is C12H9BrClF2NS. The lowest BCUT2D eigenvalue weighted by Crippen LogP contribution is -2.01. The average molecular weight is 353 g/mol. The standard InChI is InChI=1S/C12H9BrClF2NS/c1-6-9(13)4-8(18-6)5-17-12-10(14)2-7(15)3-11(12)16/h2-4,17H,5H2,1H3. The van der Waals surface area contributed by atoms with E-state index in [4.69, 9.17) is 11.6 Å². The topological polar surface area (TPSA) is 12.0 Å². The molecule has 18 heavy (non-hydrogen) atoms. The monoisotopic (exact) mass is 351 g/mol. The maximum absolute atomic E-state index is 13.5. The summed E-state index contributed by atoms with van der Waals surface area (Å²) in [6, 6.07) is 3.86. The SMILES string of the molecule is Cc1sc(CNc2c(F)cc(F)cc2Cl)cc1Br. The van der Waals surface area contributed by atoms with Gasteiger partial charge in [0.05, 0.1) is 10.7 Å². The summed E-state index contributed by atoms with van der Waals surface area (Å²) in [7, 11) is 0. The summed E-state index contributed by atoms with van der Waals surface area (Å²) in [5, 5.41) is 2.92. The van der Waals surface area contributed by atoms with Crippen molar-refractivity contribution in [2.45, 2.75) is 13.5 Å². The first-order valence-electron chi connectivity index (χ1n) is 5.10. The Morgan fingerprint density at radius 1 is 1.33 bits per heavy atom. The van der Waals surface area contributed by atoms with Crippen LogP contribution in [0.4, 0.5) is 14.5 Å². The first kappa shape index (κ1) is 13.8. The Morgan fingerprint density at radius 2 is 2.06 bits per heavy atom. The number of halogens is 4. The Morgan fingerprint density at radius 3 is 2.61 bits per heavy atom. The predicted molar refractivity (Wildman–Crippen MR) is 75.5 cm³/mol. The fourth-order valence-electron chi connectivity index (χ4n) is 1.49. The second-order valence-corrected chi connectivity index (χ2v) is 6.32. The summed E-state index contributed by atoms with van der Waals surface area (Å²) in [5.41, 5.74) is 0.125. The third-order valence-electron chi connectivity index (χ3n) is 2.35. The second-order valence-electron chi connectivity index (χ2n) is 3.71. The average Bonchev–Trinajstić information content (AvgIpc) is 2.56. The molecule has 2 aromatic rings. The lowest BCUT2D eigenvalue weighted by molar-refractivity contribution is 0.585. The van der Waals surface area contributed by atoms with Crippen LogP contribution in [0.1, 0.15) is 9.75 Å². The highest BCUT2D eigenvalue weighted by atomic mass is 79.9. The number of nitrogens with one attached hydrogen (secondary N) is 1. The van der Waals surface area contributed by atoms with Crippen LogP contribution < -0.4 is 5.32 Å². The molecule has 0 saturated heterocycles. The molecule has 0 unspecified atom stereocenters. The maximum atomic E-state index is 13.5.